The first-order valence-electron chi connectivity index (χ1n) is 8.55. The Morgan fingerprint density at radius 2 is 2.04 bits per heavy atom. The molecule has 122 valence electrons. The van der Waals surface area contributed by atoms with Crippen LogP contribution >= 0.6 is 0 Å². The Bertz CT molecular complexity index is 779. The van der Waals surface area contributed by atoms with E-state index in [-0.39, 0.29) is 5.91 Å². The highest BCUT2D eigenvalue weighted by Crippen LogP contribution is 2.31. The number of carbonyl (C=O) groups excluding carboxylic acids is 1. The van der Waals surface area contributed by atoms with Crippen molar-refractivity contribution in [2.75, 3.05) is 31.6 Å². The van der Waals surface area contributed by atoms with Gasteiger partial charge in [0, 0.05) is 51.2 Å². The van der Waals surface area contributed by atoms with Gasteiger partial charge in [0.05, 0.1) is 5.56 Å². The number of hydrogen-bond acceptors (Lipinski definition) is 3. The number of amides is 1. The highest BCUT2D eigenvalue weighted by molar-refractivity contribution is 6.08. The number of hydrogen-bond donors (Lipinski definition) is 0. The molecule has 1 saturated heterocycles. The SMILES string of the molecule is CC1CCCN(c2ccc3c4c(n(C)c3n2)CCN(C)C4=O)C1. The monoisotopic (exact) mass is 312 g/mol. The van der Waals surface area contributed by atoms with Crippen LogP contribution in [0.2, 0.25) is 0 Å². The quantitative estimate of drug-likeness (QED) is 0.812. The third-order valence-electron chi connectivity index (χ3n) is 5.37. The van der Waals surface area contributed by atoms with Crippen molar-refractivity contribution in [3.63, 3.8) is 0 Å². The number of aryl methyl sites for hydroxylation is 1. The molecule has 1 amide bonds. The fourth-order valence-electron chi connectivity index (χ4n) is 4.01. The number of rotatable bonds is 1. The fourth-order valence-corrected chi connectivity index (χ4v) is 4.01. The van der Waals surface area contributed by atoms with Crippen LogP contribution in [0.25, 0.3) is 11.0 Å². The molecule has 5 nitrogen and oxygen atoms in total. The molecule has 5 heteroatoms. The van der Waals surface area contributed by atoms with Crippen LogP contribution in [-0.2, 0) is 13.5 Å². The molecule has 2 aromatic rings. The molecule has 0 saturated carbocycles. The number of fused-ring (bicyclic) bond motifs is 3. The van der Waals surface area contributed by atoms with Crippen LogP contribution < -0.4 is 4.90 Å². The van der Waals surface area contributed by atoms with Gasteiger partial charge in [0.2, 0.25) is 0 Å². The van der Waals surface area contributed by atoms with Crippen molar-refractivity contribution in [2.24, 2.45) is 13.0 Å². The summed E-state index contributed by atoms with van der Waals surface area (Å²) < 4.78 is 2.12. The first-order valence-corrected chi connectivity index (χ1v) is 8.55. The summed E-state index contributed by atoms with van der Waals surface area (Å²) in [5.41, 5.74) is 2.91. The molecule has 0 bridgehead atoms. The zero-order valence-corrected chi connectivity index (χ0v) is 14.2. The number of anilines is 1. The molecule has 1 unspecified atom stereocenters. The van der Waals surface area contributed by atoms with E-state index in [0.717, 1.165) is 60.1 Å². The summed E-state index contributed by atoms with van der Waals surface area (Å²) in [5.74, 6) is 1.89. The summed E-state index contributed by atoms with van der Waals surface area (Å²) in [6, 6.07) is 4.18. The third kappa shape index (κ3) is 2.21. The summed E-state index contributed by atoms with van der Waals surface area (Å²) in [4.78, 5) is 21.7. The lowest BCUT2D eigenvalue weighted by molar-refractivity contribution is 0.0781. The van der Waals surface area contributed by atoms with Crippen molar-refractivity contribution in [3.8, 4) is 0 Å². The Hall–Kier alpha value is -2.04. The van der Waals surface area contributed by atoms with Crippen molar-refractivity contribution in [3.05, 3.63) is 23.4 Å². The maximum atomic E-state index is 12.5. The van der Waals surface area contributed by atoms with Crippen LogP contribution in [0.5, 0.6) is 0 Å². The first-order chi connectivity index (χ1) is 11.1. The highest BCUT2D eigenvalue weighted by atomic mass is 16.2. The minimum Gasteiger partial charge on any atom is -0.356 e. The van der Waals surface area contributed by atoms with Crippen LogP contribution in [0.1, 0.15) is 35.8 Å². The van der Waals surface area contributed by atoms with Gasteiger partial charge in [-0.3, -0.25) is 4.79 Å². The Morgan fingerprint density at radius 3 is 2.83 bits per heavy atom. The molecular formula is C18H24N4O. The Balaban J connectivity index is 1.81. The van der Waals surface area contributed by atoms with E-state index >= 15 is 0 Å². The summed E-state index contributed by atoms with van der Waals surface area (Å²) in [7, 11) is 3.91. The second-order valence-corrected chi connectivity index (χ2v) is 7.09. The maximum absolute atomic E-state index is 12.5. The third-order valence-corrected chi connectivity index (χ3v) is 5.37. The normalized spacial score (nSPS) is 21.9. The number of piperidine rings is 1. The second kappa shape index (κ2) is 5.25. The van der Waals surface area contributed by atoms with Crippen molar-refractivity contribution in [2.45, 2.75) is 26.2 Å². The fraction of sp³-hybridized carbons (Fsp3) is 0.556. The van der Waals surface area contributed by atoms with Gasteiger partial charge in [0.15, 0.2) is 0 Å². The van der Waals surface area contributed by atoms with E-state index in [1.54, 1.807) is 0 Å². The largest absolute Gasteiger partial charge is 0.356 e. The lowest BCUT2D eigenvalue weighted by atomic mass is 10.0. The van der Waals surface area contributed by atoms with Gasteiger partial charge in [-0.2, -0.15) is 0 Å². The van der Waals surface area contributed by atoms with Crippen molar-refractivity contribution >= 4 is 22.8 Å². The van der Waals surface area contributed by atoms with Gasteiger partial charge in [0.1, 0.15) is 11.5 Å². The molecule has 2 aliphatic rings. The number of nitrogens with zero attached hydrogens (tertiary/aromatic N) is 4. The standard InChI is InChI=1S/C18H24N4O/c1-12-5-4-9-22(11-12)15-7-6-13-16-14(21(3)17(13)19-15)8-10-20(2)18(16)23/h6-7,12H,4-5,8-11H2,1-3H3. The van der Waals surface area contributed by atoms with Crippen LogP contribution in [-0.4, -0.2) is 47.0 Å². The average molecular weight is 312 g/mol. The van der Waals surface area contributed by atoms with Crippen molar-refractivity contribution in [1.82, 2.24) is 14.5 Å². The van der Waals surface area contributed by atoms with Gasteiger partial charge in [-0.05, 0) is 30.9 Å². The minimum absolute atomic E-state index is 0.123. The molecule has 23 heavy (non-hydrogen) atoms. The molecule has 1 atom stereocenters. The molecule has 0 N–H and O–H groups in total. The number of pyridine rings is 1. The minimum atomic E-state index is 0.123. The average Bonchev–Trinajstić information content (AvgIpc) is 2.84. The number of aromatic nitrogens is 2. The van der Waals surface area contributed by atoms with Gasteiger partial charge in [-0.15, -0.1) is 0 Å². The van der Waals surface area contributed by atoms with E-state index in [1.807, 2.05) is 19.0 Å². The maximum Gasteiger partial charge on any atom is 0.256 e. The zero-order valence-electron chi connectivity index (χ0n) is 14.2. The van der Waals surface area contributed by atoms with Gasteiger partial charge in [0.25, 0.3) is 5.91 Å². The molecule has 0 spiro atoms. The lowest BCUT2D eigenvalue weighted by Crippen LogP contribution is -2.34. The lowest BCUT2D eigenvalue weighted by Gasteiger charge is -2.31. The van der Waals surface area contributed by atoms with E-state index < -0.39 is 0 Å². The van der Waals surface area contributed by atoms with E-state index in [1.165, 1.54) is 12.8 Å². The van der Waals surface area contributed by atoms with E-state index in [2.05, 4.69) is 28.5 Å². The number of carbonyl (C=O) groups is 1. The summed E-state index contributed by atoms with van der Waals surface area (Å²) in [6.45, 7) is 5.24. The zero-order chi connectivity index (χ0) is 16.1. The molecule has 0 radical (unpaired) electrons. The predicted molar refractivity (Wildman–Crippen MR) is 92.0 cm³/mol. The molecule has 2 aromatic heterocycles. The summed E-state index contributed by atoms with van der Waals surface area (Å²) >= 11 is 0. The summed E-state index contributed by atoms with van der Waals surface area (Å²) in [5, 5.41) is 0.993. The van der Waals surface area contributed by atoms with Gasteiger partial charge >= 0.3 is 0 Å². The molecule has 4 rings (SSSR count). The van der Waals surface area contributed by atoms with Gasteiger partial charge in [-0.25, -0.2) is 4.98 Å². The Morgan fingerprint density at radius 1 is 1.22 bits per heavy atom. The molecule has 0 aliphatic carbocycles. The number of likely N-dealkylation sites (N-methyl/N-ethyl adjacent to an activating group) is 1. The van der Waals surface area contributed by atoms with Gasteiger partial charge in [-0.1, -0.05) is 6.92 Å². The van der Waals surface area contributed by atoms with E-state index in [9.17, 15) is 4.79 Å². The van der Waals surface area contributed by atoms with Crippen molar-refractivity contribution in [1.29, 1.82) is 0 Å². The van der Waals surface area contributed by atoms with Gasteiger partial charge < -0.3 is 14.4 Å². The second-order valence-electron chi connectivity index (χ2n) is 7.09. The topological polar surface area (TPSA) is 41.4 Å². The molecule has 1 fully saturated rings. The summed E-state index contributed by atoms with van der Waals surface area (Å²) in [6.07, 6.45) is 3.44. The molecule has 2 aliphatic heterocycles. The first kappa shape index (κ1) is 14.5. The Labute approximate surface area is 136 Å². The van der Waals surface area contributed by atoms with Crippen LogP contribution in [0.4, 0.5) is 5.82 Å². The van der Waals surface area contributed by atoms with E-state index in [0.29, 0.717) is 0 Å². The smallest absolute Gasteiger partial charge is 0.256 e. The van der Waals surface area contributed by atoms with E-state index in [4.69, 9.17) is 4.98 Å². The van der Waals surface area contributed by atoms with Crippen LogP contribution in [0, 0.1) is 5.92 Å². The van der Waals surface area contributed by atoms with Crippen molar-refractivity contribution < 1.29 is 4.79 Å². The van der Waals surface area contributed by atoms with Crippen LogP contribution in [0.15, 0.2) is 12.1 Å². The molecular weight excluding hydrogens is 288 g/mol. The Kier molecular flexibility index (Phi) is 3.32. The van der Waals surface area contributed by atoms with Crippen LogP contribution in [0.3, 0.4) is 0 Å². The highest BCUT2D eigenvalue weighted by Gasteiger charge is 2.29. The molecule has 0 aromatic carbocycles. The predicted octanol–water partition coefficient (Wildman–Crippen LogP) is 2.44. The molecule has 4 heterocycles.